The van der Waals surface area contributed by atoms with Crippen molar-refractivity contribution in [2.75, 3.05) is 7.05 Å². The van der Waals surface area contributed by atoms with Gasteiger partial charge < -0.3 is 10.1 Å². The summed E-state index contributed by atoms with van der Waals surface area (Å²) in [5.41, 5.74) is 0.658. The Bertz CT molecular complexity index is 288. The Morgan fingerprint density at radius 2 is 1.85 bits per heavy atom. The number of rotatable bonds is 5. The standard InChI is InChI=1S/C18H35NO/c1-17(2,3)16(19-4)10-8-9-15-11-14-18(20-15)12-6-5-7-13-18/h15-16,19H,5-14H2,1-4H3. The second-order valence-corrected chi connectivity index (χ2v) is 8.16. The maximum Gasteiger partial charge on any atom is 0.0687 e. The average molecular weight is 281 g/mol. The zero-order valence-corrected chi connectivity index (χ0v) is 14.1. The molecule has 2 atom stereocenters. The number of hydrogen-bond donors (Lipinski definition) is 1. The summed E-state index contributed by atoms with van der Waals surface area (Å²) in [5, 5.41) is 3.48. The van der Waals surface area contributed by atoms with E-state index in [1.807, 2.05) is 0 Å². The van der Waals surface area contributed by atoms with Crippen molar-refractivity contribution < 1.29 is 4.74 Å². The third-order valence-corrected chi connectivity index (χ3v) is 5.52. The van der Waals surface area contributed by atoms with Gasteiger partial charge in [-0.1, -0.05) is 40.0 Å². The van der Waals surface area contributed by atoms with Crippen molar-refractivity contribution >= 4 is 0 Å². The maximum absolute atomic E-state index is 6.47. The van der Waals surface area contributed by atoms with Crippen molar-refractivity contribution in [2.24, 2.45) is 5.41 Å². The van der Waals surface area contributed by atoms with Crippen molar-refractivity contribution in [3.63, 3.8) is 0 Å². The van der Waals surface area contributed by atoms with E-state index in [2.05, 4.69) is 33.1 Å². The van der Waals surface area contributed by atoms with Gasteiger partial charge in [0.25, 0.3) is 0 Å². The van der Waals surface area contributed by atoms with E-state index in [9.17, 15) is 0 Å². The third-order valence-electron chi connectivity index (χ3n) is 5.52. The van der Waals surface area contributed by atoms with Gasteiger partial charge in [0.1, 0.15) is 0 Å². The Morgan fingerprint density at radius 1 is 1.15 bits per heavy atom. The molecular formula is C18H35NO. The van der Waals surface area contributed by atoms with Crippen LogP contribution in [0, 0.1) is 5.41 Å². The van der Waals surface area contributed by atoms with E-state index in [-0.39, 0.29) is 0 Å². The normalized spacial score (nSPS) is 27.9. The highest BCUT2D eigenvalue weighted by Gasteiger charge is 2.40. The van der Waals surface area contributed by atoms with E-state index in [0.717, 1.165) is 0 Å². The lowest BCUT2D eigenvalue weighted by Gasteiger charge is -2.33. The molecule has 0 bridgehead atoms. The molecule has 0 aromatic rings. The minimum absolute atomic E-state index is 0.301. The minimum atomic E-state index is 0.301. The van der Waals surface area contributed by atoms with E-state index in [1.165, 1.54) is 64.2 Å². The van der Waals surface area contributed by atoms with Gasteiger partial charge in [0.05, 0.1) is 11.7 Å². The van der Waals surface area contributed by atoms with Gasteiger partial charge in [-0.2, -0.15) is 0 Å². The molecule has 2 aliphatic rings. The summed E-state index contributed by atoms with van der Waals surface area (Å²) < 4.78 is 6.47. The fourth-order valence-corrected chi connectivity index (χ4v) is 4.22. The van der Waals surface area contributed by atoms with E-state index in [4.69, 9.17) is 4.74 Å². The van der Waals surface area contributed by atoms with Crippen LogP contribution in [0.3, 0.4) is 0 Å². The average Bonchev–Trinajstić information content (AvgIpc) is 2.77. The summed E-state index contributed by atoms with van der Waals surface area (Å²) in [6, 6.07) is 0.618. The van der Waals surface area contributed by atoms with Crippen molar-refractivity contribution in [3.05, 3.63) is 0 Å². The molecule has 0 amide bonds. The van der Waals surface area contributed by atoms with Crippen LogP contribution in [0.25, 0.3) is 0 Å². The first-order valence-corrected chi connectivity index (χ1v) is 8.80. The van der Waals surface area contributed by atoms with Gasteiger partial charge in [-0.05, 0) is 57.4 Å². The van der Waals surface area contributed by atoms with Crippen LogP contribution in [-0.2, 0) is 4.74 Å². The Morgan fingerprint density at radius 3 is 2.45 bits per heavy atom. The Kier molecular flexibility index (Phi) is 5.53. The topological polar surface area (TPSA) is 21.3 Å². The Labute approximate surface area is 126 Å². The molecule has 1 aliphatic carbocycles. The molecule has 1 spiro atoms. The number of ether oxygens (including phenoxy) is 1. The highest BCUT2D eigenvalue weighted by Crippen LogP contribution is 2.43. The quantitative estimate of drug-likeness (QED) is 0.790. The monoisotopic (exact) mass is 281 g/mol. The molecule has 0 aromatic heterocycles. The lowest BCUT2D eigenvalue weighted by Crippen LogP contribution is -2.38. The van der Waals surface area contributed by atoms with Gasteiger partial charge in [-0.15, -0.1) is 0 Å². The summed E-state index contributed by atoms with van der Waals surface area (Å²) in [6.45, 7) is 6.99. The summed E-state index contributed by atoms with van der Waals surface area (Å²) >= 11 is 0. The van der Waals surface area contributed by atoms with Crippen LogP contribution in [-0.4, -0.2) is 24.8 Å². The molecule has 2 unspecified atom stereocenters. The largest absolute Gasteiger partial charge is 0.372 e. The van der Waals surface area contributed by atoms with Gasteiger partial charge in [0.2, 0.25) is 0 Å². The Balaban J connectivity index is 1.70. The molecule has 20 heavy (non-hydrogen) atoms. The zero-order valence-electron chi connectivity index (χ0n) is 14.1. The summed E-state index contributed by atoms with van der Waals surface area (Å²) in [4.78, 5) is 0. The molecule has 1 saturated heterocycles. The zero-order chi connectivity index (χ0) is 14.6. The minimum Gasteiger partial charge on any atom is -0.372 e. The molecule has 1 aliphatic heterocycles. The maximum atomic E-state index is 6.47. The van der Waals surface area contributed by atoms with E-state index in [0.29, 0.717) is 23.2 Å². The summed E-state index contributed by atoms with van der Waals surface area (Å²) in [6.07, 6.45) is 13.8. The molecule has 2 fully saturated rings. The van der Waals surface area contributed by atoms with Gasteiger partial charge in [0, 0.05) is 6.04 Å². The second-order valence-electron chi connectivity index (χ2n) is 8.16. The van der Waals surface area contributed by atoms with Crippen molar-refractivity contribution in [2.45, 2.75) is 103 Å². The van der Waals surface area contributed by atoms with Crippen LogP contribution in [0.15, 0.2) is 0 Å². The highest BCUT2D eigenvalue weighted by atomic mass is 16.5. The van der Waals surface area contributed by atoms with Crippen LogP contribution in [0.4, 0.5) is 0 Å². The predicted molar refractivity (Wildman–Crippen MR) is 86.1 cm³/mol. The predicted octanol–water partition coefficient (Wildman–Crippen LogP) is 4.67. The van der Waals surface area contributed by atoms with Crippen molar-refractivity contribution in [1.29, 1.82) is 0 Å². The first-order valence-electron chi connectivity index (χ1n) is 8.80. The SMILES string of the molecule is CNC(CCCC1CCC2(CCCCC2)O1)C(C)(C)C. The van der Waals surface area contributed by atoms with Crippen LogP contribution in [0.2, 0.25) is 0 Å². The van der Waals surface area contributed by atoms with Gasteiger partial charge in [-0.3, -0.25) is 0 Å². The number of hydrogen-bond acceptors (Lipinski definition) is 2. The lowest BCUT2D eigenvalue weighted by molar-refractivity contribution is -0.0663. The van der Waals surface area contributed by atoms with Crippen molar-refractivity contribution in [3.8, 4) is 0 Å². The van der Waals surface area contributed by atoms with Crippen LogP contribution < -0.4 is 5.32 Å². The van der Waals surface area contributed by atoms with Crippen LogP contribution in [0.1, 0.15) is 85.0 Å². The first kappa shape index (κ1) is 16.3. The molecule has 118 valence electrons. The molecular weight excluding hydrogens is 246 g/mol. The first-order chi connectivity index (χ1) is 9.45. The molecule has 1 saturated carbocycles. The molecule has 0 aromatic carbocycles. The van der Waals surface area contributed by atoms with Gasteiger partial charge in [0.15, 0.2) is 0 Å². The molecule has 2 heteroatoms. The fraction of sp³-hybridized carbons (Fsp3) is 1.00. The smallest absolute Gasteiger partial charge is 0.0687 e. The van der Waals surface area contributed by atoms with Gasteiger partial charge >= 0.3 is 0 Å². The summed E-state index contributed by atoms with van der Waals surface area (Å²) in [7, 11) is 2.10. The summed E-state index contributed by atoms with van der Waals surface area (Å²) in [5.74, 6) is 0. The van der Waals surface area contributed by atoms with E-state index >= 15 is 0 Å². The molecule has 2 nitrogen and oxygen atoms in total. The fourth-order valence-electron chi connectivity index (χ4n) is 4.22. The van der Waals surface area contributed by atoms with Crippen LogP contribution in [0.5, 0.6) is 0 Å². The highest BCUT2D eigenvalue weighted by molar-refractivity contribution is 4.91. The molecule has 2 rings (SSSR count). The van der Waals surface area contributed by atoms with Gasteiger partial charge in [-0.25, -0.2) is 0 Å². The van der Waals surface area contributed by atoms with E-state index in [1.54, 1.807) is 0 Å². The molecule has 1 N–H and O–H groups in total. The Hall–Kier alpha value is -0.0800. The lowest BCUT2D eigenvalue weighted by atomic mass is 9.82. The van der Waals surface area contributed by atoms with Crippen molar-refractivity contribution in [1.82, 2.24) is 5.32 Å². The molecule has 1 heterocycles. The second kappa shape index (κ2) is 6.79. The third kappa shape index (κ3) is 4.21. The van der Waals surface area contributed by atoms with Crippen LogP contribution >= 0.6 is 0 Å². The van der Waals surface area contributed by atoms with E-state index < -0.39 is 0 Å². The molecule has 0 radical (unpaired) electrons. The number of nitrogens with one attached hydrogen (secondary N) is 1.